The number of piperazine rings is 1. The lowest BCUT2D eigenvalue weighted by Crippen LogP contribution is -2.57. The summed E-state index contributed by atoms with van der Waals surface area (Å²) in [6, 6.07) is 12.0. The number of benzene rings is 2. The third-order valence-electron chi connectivity index (χ3n) is 4.37. The van der Waals surface area contributed by atoms with Gasteiger partial charge in [-0.05, 0) is 43.3 Å². The largest absolute Gasteiger partial charge is 0.497 e. The van der Waals surface area contributed by atoms with Crippen LogP contribution in [0.1, 0.15) is 17.3 Å². The van der Waals surface area contributed by atoms with Gasteiger partial charge in [0.2, 0.25) is 5.91 Å². The van der Waals surface area contributed by atoms with Crippen molar-refractivity contribution >= 4 is 17.5 Å². The molecule has 2 aromatic rings. The van der Waals surface area contributed by atoms with Crippen LogP contribution in [0.3, 0.4) is 0 Å². The number of methoxy groups -OCH3 is 1. The molecular weight excluding hydrogens is 323 g/mol. The molecule has 3 rings (SSSR count). The normalized spacial score (nSPS) is 17.6. The third-order valence-corrected chi connectivity index (χ3v) is 4.37. The van der Waals surface area contributed by atoms with Gasteiger partial charge in [0.05, 0.1) is 7.11 Å². The number of hydrogen-bond donors (Lipinski definition) is 0. The van der Waals surface area contributed by atoms with Crippen molar-refractivity contribution in [1.29, 1.82) is 0 Å². The number of amides is 2. The highest BCUT2D eigenvalue weighted by Gasteiger charge is 2.35. The number of carbonyl (C=O) groups is 2. The second-order valence-electron chi connectivity index (χ2n) is 5.87. The van der Waals surface area contributed by atoms with Crippen molar-refractivity contribution in [3.8, 4) is 5.75 Å². The van der Waals surface area contributed by atoms with Crippen molar-refractivity contribution in [1.82, 2.24) is 4.90 Å². The van der Waals surface area contributed by atoms with Gasteiger partial charge < -0.3 is 14.5 Å². The van der Waals surface area contributed by atoms with Crippen molar-refractivity contribution in [3.63, 3.8) is 0 Å². The molecule has 0 radical (unpaired) electrons. The molecule has 1 aliphatic heterocycles. The molecule has 1 fully saturated rings. The molecule has 5 nitrogen and oxygen atoms in total. The molecule has 25 heavy (non-hydrogen) atoms. The fourth-order valence-corrected chi connectivity index (χ4v) is 2.94. The van der Waals surface area contributed by atoms with E-state index in [1.165, 1.54) is 29.2 Å². The molecule has 2 amide bonds. The first-order chi connectivity index (χ1) is 12.0. The van der Waals surface area contributed by atoms with Crippen molar-refractivity contribution in [2.45, 2.75) is 13.0 Å². The van der Waals surface area contributed by atoms with E-state index in [1.54, 1.807) is 25.0 Å². The lowest BCUT2D eigenvalue weighted by atomic mass is 10.1. The van der Waals surface area contributed by atoms with Gasteiger partial charge in [-0.3, -0.25) is 9.59 Å². The first-order valence-corrected chi connectivity index (χ1v) is 8.03. The summed E-state index contributed by atoms with van der Waals surface area (Å²) >= 11 is 0. The van der Waals surface area contributed by atoms with Gasteiger partial charge >= 0.3 is 0 Å². The maximum Gasteiger partial charge on any atom is 0.254 e. The molecule has 6 heteroatoms. The molecule has 1 atom stereocenters. The zero-order chi connectivity index (χ0) is 18.0. The second kappa shape index (κ2) is 6.93. The summed E-state index contributed by atoms with van der Waals surface area (Å²) < 4.78 is 18.2. The van der Waals surface area contributed by atoms with Gasteiger partial charge in [-0.25, -0.2) is 4.39 Å². The Balaban J connectivity index is 1.79. The number of nitrogens with zero attached hydrogens (tertiary/aromatic N) is 2. The Bertz CT molecular complexity index is 792. The van der Waals surface area contributed by atoms with E-state index in [0.29, 0.717) is 24.4 Å². The minimum absolute atomic E-state index is 0.157. The van der Waals surface area contributed by atoms with Crippen LogP contribution < -0.4 is 9.64 Å². The first-order valence-electron chi connectivity index (χ1n) is 8.03. The van der Waals surface area contributed by atoms with E-state index >= 15 is 0 Å². The van der Waals surface area contributed by atoms with Crippen LogP contribution in [0.15, 0.2) is 48.5 Å². The summed E-state index contributed by atoms with van der Waals surface area (Å²) in [5.74, 6) is -0.160. The maximum absolute atomic E-state index is 13.0. The number of ether oxygens (including phenoxy) is 1. The van der Waals surface area contributed by atoms with Crippen LogP contribution in [-0.4, -0.2) is 43.0 Å². The summed E-state index contributed by atoms with van der Waals surface area (Å²) in [4.78, 5) is 28.6. The van der Waals surface area contributed by atoms with Crippen LogP contribution in [0.2, 0.25) is 0 Å². The number of anilines is 1. The summed E-state index contributed by atoms with van der Waals surface area (Å²) in [7, 11) is 1.57. The Morgan fingerprint density at radius 1 is 1.16 bits per heavy atom. The fraction of sp³-hybridized carbons (Fsp3) is 0.263. The Hall–Kier alpha value is -2.89. The molecule has 2 aromatic carbocycles. The Kier molecular flexibility index (Phi) is 4.70. The molecule has 0 aliphatic carbocycles. The SMILES string of the molecule is COc1cccc(N2CCN(C(=O)c3ccc(F)cc3)[C@H](C)C2=O)c1. The van der Waals surface area contributed by atoms with E-state index in [0.717, 1.165) is 5.69 Å². The fourth-order valence-electron chi connectivity index (χ4n) is 2.94. The quantitative estimate of drug-likeness (QED) is 0.862. The highest BCUT2D eigenvalue weighted by Crippen LogP contribution is 2.25. The van der Waals surface area contributed by atoms with E-state index in [9.17, 15) is 14.0 Å². The first kappa shape index (κ1) is 17.0. The third kappa shape index (κ3) is 3.33. The predicted molar refractivity (Wildman–Crippen MR) is 92.2 cm³/mol. The summed E-state index contributed by atoms with van der Waals surface area (Å²) in [6.45, 7) is 2.50. The van der Waals surface area contributed by atoms with E-state index in [2.05, 4.69) is 0 Å². The van der Waals surface area contributed by atoms with Crippen LogP contribution in [0.4, 0.5) is 10.1 Å². The Morgan fingerprint density at radius 3 is 2.56 bits per heavy atom. The number of hydrogen-bond acceptors (Lipinski definition) is 3. The standard InChI is InChI=1S/C19H19FN2O3/c1-13-18(23)22(16-4-3-5-17(12-16)25-2)11-10-21(13)19(24)14-6-8-15(20)9-7-14/h3-9,12-13H,10-11H2,1-2H3/t13-/m1/s1. The molecule has 0 N–H and O–H groups in total. The van der Waals surface area contributed by atoms with Gasteiger partial charge in [0.15, 0.2) is 0 Å². The maximum atomic E-state index is 13.0. The van der Waals surface area contributed by atoms with Gasteiger partial charge in [0.1, 0.15) is 17.6 Å². The highest BCUT2D eigenvalue weighted by molar-refractivity contribution is 6.03. The molecule has 0 spiro atoms. The minimum atomic E-state index is -0.600. The summed E-state index contributed by atoms with van der Waals surface area (Å²) in [5, 5.41) is 0. The zero-order valence-electron chi connectivity index (χ0n) is 14.1. The second-order valence-corrected chi connectivity index (χ2v) is 5.87. The van der Waals surface area contributed by atoms with Crippen molar-refractivity contribution in [2.75, 3.05) is 25.1 Å². The summed E-state index contributed by atoms with van der Waals surface area (Å²) in [6.07, 6.45) is 0. The number of carbonyl (C=O) groups excluding carboxylic acids is 2. The lowest BCUT2D eigenvalue weighted by molar-refractivity contribution is -0.124. The van der Waals surface area contributed by atoms with Gasteiger partial charge in [-0.2, -0.15) is 0 Å². The van der Waals surface area contributed by atoms with Crippen LogP contribution >= 0.6 is 0 Å². The monoisotopic (exact) mass is 342 g/mol. The molecule has 0 bridgehead atoms. The van der Waals surface area contributed by atoms with Crippen LogP contribution in [0.25, 0.3) is 0 Å². The van der Waals surface area contributed by atoms with E-state index < -0.39 is 11.9 Å². The molecule has 0 saturated carbocycles. The van der Waals surface area contributed by atoms with E-state index in [1.807, 2.05) is 18.2 Å². The molecule has 0 aromatic heterocycles. The molecule has 1 aliphatic rings. The molecule has 0 unspecified atom stereocenters. The van der Waals surface area contributed by atoms with Gasteiger partial charge in [-0.15, -0.1) is 0 Å². The zero-order valence-corrected chi connectivity index (χ0v) is 14.1. The highest BCUT2D eigenvalue weighted by atomic mass is 19.1. The molecular formula is C19H19FN2O3. The lowest BCUT2D eigenvalue weighted by Gasteiger charge is -2.39. The Labute approximate surface area is 145 Å². The van der Waals surface area contributed by atoms with Crippen molar-refractivity contribution in [2.24, 2.45) is 0 Å². The van der Waals surface area contributed by atoms with E-state index in [-0.39, 0.29) is 11.8 Å². The summed E-state index contributed by atoms with van der Waals surface area (Å²) in [5.41, 5.74) is 1.11. The van der Waals surface area contributed by atoms with Crippen LogP contribution in [0.5, 0.6) is 5.75 Å². The molecule has 1 heterocycles. The van der Waals surface area contributed by atoms with Crippen LogP contribution in [-0.2, 0) is 4.79 Å². The molecule has 1 saturated heterocycles. The molecule has 130 valence electrons. The Morgan fingerprint density at radius 2 is 1.88 bits per heavy atom. The average Bonchev–Trinajstić information content (AvgIpc) is 2.64. The predicted octanol–water partition coefficient (Wildman–Crippen LogP) is 2.71. The number of halogens is 1. The van der Waals surface area contributed by atoms with Crippen LogP contribution in [0, 0.1) is 5.82 Å². The van der Waals surface area contributed by atoms with Gasteiger partial charge in [-0.1, -0.05) is 6.07 Å². The topological polar surface area (TPSA) is 49.9 Å². The minimum Gasteiger partial charge on any atom is -0.497 e. The smallest absolute Gasteiger partial charge is 0.254 e. The van der Waals surface area contributed by atoms with Gasteiger partial charge in [0.25, 0.3) is 5.91 Å². The van der Waals surface area contributed by atoms with Gasteiger partial charge in [0, 0.05) is 30.4 Å². The van der Waals surface area contributed by atoms with Crippen molar-refractivity contribution < 1.29 is 18.7 Å². The number of rotatable bonds is 3. The van der Waals surface area contributed by atoms with Crippen molar-refractivity contribution in [3.05, 3.63) is 59.9 Å². The van der Waals surface area contributed by atoms with E-state index in [4.69, 9.17) is 4.74 Å². The average molecular weight is 342 g/mol.